The minimum absolute atomic E-state index is 0.104. The Morgan fingerprint density at radius 3 is 2.33 bits per heavy atom. The van der Waals surface area contributed by atoms with Gasteiger partial charge in [-0.2, -0.15) is 0 Å². The maximum Gasteiger partial charge on any atom is 0.253 e. The first-order valence-corrected chi connectivity index (χ1v) is 10.1. The number of β-amino-alcohol motifs (C(OH)–C–C–N with tert-alkyl or cyclic N) is 1. The second-order valence-electron chi connectivity index (χ2n) is 7.55. The van der Waals surface area contributed by atoms with E-state index in [4.69, 9.17) is 11.6 Å². The first-order valence-electron chi connectivity index (χ1n) is 9.67. The Balaban J connectivity index is 1.37. The van der Waals surface area contributed by atoms with Crippen LogP contribution in [0.2, 0.25) is 5.02 Å². The Kier molecular flexibility index (Phi) is 5.48. The second-order valence-corrected chi connectivity index (χ2v) is 7.98. The van der Waals surface area contributed by atoms with E-state index >= 15 is 0 Å². The van der Waals surface area contributed by atoms with Gasteiger partial charge in [-0.05, 0) is 54.7 Å². The Morgan fingerprint density at radius 1 is 0.963 bits per heavy atom. The minimum atomic E-state index is -0.178. The Bertz CT molecular complexity index is 800. The molecule has 2 heterocycles. The van der Waals surface area contributed by atoms with Gasteiger partial charge in [0.05, 0.1) is 6.10 Å². The number of nitrogens with zero attached hydrogens (tertiary/aromatic N) is 2. The van der Waals surface area contributed by atoms with Crippen molar-refractivity contribution in [1.82, 2.24) is 9.80 Å². The van der Waals surface area contributed by atoms with Crippen molar-refractivity contribution < 1.29 is 9.90 Å². The highest BCUT2D eigenvalue weighted by Gasteiger charge is 2.31. The van der Waals surface area contributed by atoms with E-state index in [0.29, 0.717) is 11.1 Å². The number of benzene rings is 2. The number of piperidine rings is 1. The zero-order valence-electron chi connectivity index (χ0n) is 15.4. The predicted octanol–water partition coefficient (Wildman–Crippen LogP) is 3.68. The lowest BCUT2D eigenvalue weighted by molar-refractivity contribution is 0.0627. The molecule has 5 heteroatoms. The Hall–Kier alpha value is -1.88. The largest absolute Gasteiger partial charge is 0.392 e. The molecular formula is C22H25ClN2O2. The average Bonchev–Trinajstić information content (AvgIpc) is 3.14. The lowest BCUT2D eigenvalue weighted by Gasteiger charge is -2.36. The number of amides is 1. The third-order valence-corrected chi connectivity index (χ3v) is 5.99. The van der Waals surface area contributed by atoms with Crippen molar-refractivity contribution in [3.05, 3.63) is 59.1 Å². The van der Waals surface area contributed by atoms with Crippen LogP contribution in [0.1, 0.15) is 29.6 Å². The van der Waals surface area contributed by atoms with Gasteiger partial charge in [0.2, 0.25) is 0 Å². The summed E-state index contributed by atoms with van der Waals surface area (Å²) in [5.74, 6) is 0.104. The van der Waals surface area contributed by atoms with Crippen LogP contribution in [0.3, 0.4) is 0 Å². The molecule has 4 nitrogen and oxygen atoms in total. The molecule has 2 aliphatic rings. The molecule has 27 heavy (non-hydrogen) atoms. The van der Waals surface area contributed by atoms with Crippen LogP contribution < -0.4 is 0 Å². The lowest BCUT2D eigenvalue weighted by Crippen LogP contribution is -2.46. The number of rotatable bonds is 3. The molecule has 0 saturated carbocycles. The fourth-order valence-electron chi connectivity index (χ4n) is 4.19. The maximum absolute atomic E-state index is 12.8. The van der Waals surface area contributed by atoms with Gasteiger partial charge in [0.1, 0.15) is 0 Å². The lowest BCUT2D eigenvalue weighted by atomic mass is 10.0. The van der Waals surface area contributed by atoms with E-state index in [9.17, 15) is 9.90 Å². The van der Waals surface area contributed by atoms with E-state index in [2.05, 4.69) is 4.90 Å². The second kappa shape index (κ2) is 8.01. The summed E-state index contributed by atoms with van der Waals surface area (Å²) in [6.45, 7) is 3.33. The van der Waals surface area contributed by atoms with E-state index in [1.807, 2.05) is 53.4 Å². The van der Waals surface area contributed by atoms with Gasteiger partial charge in [-0.3, -0.25) is 9.69 Å². The summed E-state index contributed by atoms with van der Waals surface area (Å²) < 4.78 is 0. The van der Waals surface area contributed by atoms with Crippen molar-refractivity contribution in [3.63, 3.8) is 0 Å². The number of halogens is 1. The summed E-state index contributed by atoms with van der Waals surface area (Å²) in [7, 11) is 0. The van der Waals surface area contributed by atoms with Crippen LogP contribution >= 0.6 is 11.6 Å². The van der Waals surface area contributed by atoms with Crippen LogP contribution in [0.4, 0.5) is 0 Å². The summed E-state index contributed by atoms with van der Waals surface area (Å²) in [5, 5.41) is 10.4. The molecule has 1 N–H and O–H groups in total. The summed E-state index contributed by atoms with van der Waals surface area (Å²) in [4.78, 5) is 17.2. The molecule has 1 atom stereocenters. The highest BCUT2D eigenvalue weighted by Crippen LogP contribution is 2.25. The first kappa shape index (κ1) is 18.5. The van der Waals surface area contributed by atoms with Crippen molar-refractivity contribution in [2.75, 3.05) is 26.2 Å². The number of aliphatic hydroxyl groups is 1. The summed E-state index contributed by atoms with van der Waals surface area (Å²) in [6, 6.07) is 16.0. The van der Waals surface area contributed by atoms with E-state index in [-0.39, 0.29) is 12.0 Å². The monoisotopic (exact) mass is 384 g/mol. The minimum Gasteiger partial charge on any atom is -0.392 e. The fourth-order valence-corrected chi connectivity index (χ4v) is 4.38. The molecule has 0 bridgehead atoms. The quantitative estimate of drug-likeness (QED) is 0.877. The molecule has 2 aromatic carbocycles. The summed E-state index contributed by atoms with van der Waals surface area (Å²) in [6.07, 6.45) is 2.67. The zero-order chi connectivity index (χ0) is 18.8. The van der Waals surface area contributed by atoms with Gasteiger partial charge < -0.3 is 10.0 Å². The molecule has 0 aromatic heterocycles. The van der Waals surface area contributed by atoms with Crippen molar-refractivity contribution in [2.24, 2.45) is 0 Å². The fraction of sp³-hybridized carbons (Fsp3) is 0.409. The SMILES string of the molecule is O=C(c1ccc(-c2cccc(Cl)c2)cc1)N1CCC(N2CC[C@@H](O)C2)CC1. The summed E-state index contributed by atoms with van der Waals surface area (Å²) in [5.41, 5.74) is 2.84. The Labute approximate surface area is 165 Å². The van der Waals surface area contributed by atoms with Gasteiger partial charge in [0.25, 0.3) is 5.91 Å². The molecule has 2 saturated heterocycles. The van der Waals surface area contributed by atoms with Crippen molar-refractivity contribution >= 4 is 17.5 Å². The zero-order valence-corrected chi connectivity index (χ0v) is 16.1. The van der Waals surface area contributed by atoms with E-state index in [0.717, 1.165) is 62.1 Å². The third-order valence-electron chi connectivity index (χ3n) is 5.75. The molecule has 2 aromatic rings. The molecule has 0 spiro atoms. The summed E-state index contributed by atoms with van der Waals surface area (Å²) >= 11 is 6.07. The normalized spacial score (nSPS) is 21.6. The number of hydrogen-bond acceptors (Lipinski definition) is 3. The van der Waals surface area contributed by atoms with Crippen molar-refractivity contribution in [3.8, 4) is 11.1 Å². The molecule has 0 radical (unpaired) electrons. The molecule has 4 rings (SSSR count). The van der Waals surface area contributed by atoms with Gasteiger partial charge in [-0.1, -0.05) is 35.9 Å². The predicted molar refractivity (Wildman–Crippen MR) is 108 cm³/mol. The van der Waals surface area contributed by atoms with E-state index in [1.165, 1.54) is 0 Å². The van der Waals surface area contributed by atoms with E-state index < -0.39 is 0 Å². The molecule has 1 amide bonds. The van der Waals surface area contributed by atoms with Crippen LogP contribution in [0.25, 0.3) is 11.1 Å². The standard InChI is InChI=1S/C22H25ClN2O2/c23-19-3-1-2-18(14-19)16-4-6-17(7-5-16)22(27)24-11-8-20(9-12-24)25-13-10-21(26)15-25/h1-7,14,20-21,26H,8-13,15H2/t21-/m1/s1. The van der Waals surface area contributed by atoms with Crippen LogP contribution in [0, 0.1) is 0 Å². The van der Waals surface area contributed by atoms with Gasteiger partial charge in [0, 0.05) is 42.8 Å². The number of likely N-dealkylation sites (tertiary alicyclic amines) is 2. The molecule has 0 unspecified atom stereocenters. The molecule has 142 valence electrons. The number of carbonyl (C=O) groups is 1. The molecule has 2 aliphatic heterocycles. The Morgan fingerprint density at radius 2 is 1.70 bits per heavy atom. The van der Waals surface area contributed by atoms with Crippen LogP contribution in [-0.4, -0.2) is 59.1 Å². The number of hydrogen-bond donors (Lipinski definition) is 1. The van der Waals surface area contributed by atoms with Gasteiger partial charge >= 0.3 is 0 Å². The van der Waals surface area contributed by atoms with Crippen molar-refractivity contribution in [1.29, 1.82) is 0 Å². The van der Waals surface area contributed by atoms with Gasteiger partial charge in [0.15, 0.2) is 0 Å². The van der Waals surface area contributed by atoms with E-state index in [1.54, 1.807) is 0 Å². The van der Waals surface area contributed by atoms with Gasteiger partial charge in [-0.15, -0.1) is 0 Å². The topological polar surface area (TPSA) is 43.8 Å². The number of carbonyl (C=O) groups excluding carboxylic acids is 1. The average molecular weight is 385 g/mol. The molecule has 0 aliphatic carbocycles. The third kappa shape index (κ3) is 4.18. The van der Waals surface area contributed by atoms with Crippen molar-refractivity contribution in [2.45, 2.75) is 31.4 Å². The van der Waals surface area contributed by atoms with Crippen LogP contribution in [0.15, 0.2) is 48.5 Å². The number of aliphatic hydroxyl groups excluding tert-OH is 1. The van der Waals surface area contributed by atoms with Crippen LogP contribution in [-0.2, 0) is 0 Å². The molecular weight excluding hydrogens is 360 g/mol. The smallest absolute Gasteiger partial charge is 0.253 e. The molecule has 2 fully saturated rings. The first-order chi connectivity index (χ1) is 13.1. The van der Waals surface area contributed by atoms with Gasteiger partial charge in [-0.25, -0.2) is 0 Å². The highest BCUT2D eigenvalue weighted by atomic mass is 35.5. The highest BCUT2D eigenvalue weighted by molar-refractivity contribution is 6.30. The maximum atomic E-state index is 12.8. The van der Waals surface area contributed by atoms with Crippen LogP contribution in [0.5, 0.6) is 0 Å².